The SMILES string of the molecule is COc1ccccc1N1CCN(C(=O)c2cnc(C)[nH]c2=O)CC1. The third kappa shape index (κ3) is 3.10. The molecule has 0 spiro atoms. The molecule has 24 heavy (non-hydrogen) atoms. The number of aromatic amines is 1. The first-order valence-electron chi connectivity index (χ1n) is 7.83. The van der Waals surface area contributed by atoms with Crippen LogP contribution in [0.25, 0.3) is 0 Å². The summed E-state index contributed by atoms with van der Waals surface area (Å²) < 4.78 is 5.39. The van der Waals surface area contributed by atoms with Crippen LogP contribution in [-0.4, -0.2) is 54.1 Å². The number of benzene rings is 1. The number of nitrogens with zero attached hydrogens (tertiary/aromatic N) is 3. The van der Waals surface area contributed by atoms with Gasteiger partial charge in [-0.05, 0) is 19.1 Å². The standard InChI is InChI=1S/C17H20N4O3/c1-12-18-11-13(16(22)19-12)17(23)21-9-7-20(8-10-21)14-5-3-4-6-15(14)24-2/h3-6,11H,7-10H2,1-2H3,(H,18,19,22). The summed E-state index contributed by atoms with van der Waals surface area (Å²) >= 11 is 0. The van der Waals surface area contributed by atoms with Gasteiger partial charge in [-0.3, -0.25) is 9.59 Å². The second-order valence-corrected chi connectivity index (χ2v) is 5.66. The zero-order chi connectivity index (χ0) is 17.1. The maximum absolute atomic E-state index is 12.5. The molecule has 1 aliphatic heterocycles. The van der Waals surface area contributed by atoms with Crippen LogP contribution in [-0.2, 0) is 0 Å². The van der Waals surface area contributed by atoms with E-state index in [1.807, 2.05) is 24.3 Å². The summed E-state index contributed by atoms with van der Waals surface area (Å²) in [6.45, 7) is 4.14. The van der Waals surface area contributed by atoms with Crippen molar-refractivity contribution in [3.8, 4) is 5.75 Å². The van der Waals surface area contributed by atoms with E-state index in [9.17, 15) is 9.59 Å². The number of H-pyrrole nitrogens is 1. The number of piperazine rings is 1. The summed E-state index contributed by atoms with van der Waals surface area (Å²) in [4.78, 5) is 34.9. The minimum absolute atomic E-state index is 0.0892. The Morgan fingerprint density at radius 1 is 1.21 bits per heavy atom. The Kier molecular flexibility index (Phi) is 4.50. The van der Waals surface area contributed by atoms with Crippen molar-refractivity contribution in [1.82, 2.24) is 14.9 Å². The molecule has 0 bridgehead atoms. The average Bonchev–Trinajstić information content (AvgIpc) is 2.61. The quantitative estimate of drug-likeness (QED) is 0.911. The Morgan fingerprint density at radius 2 is 1.92 bits per heavy atom. The van der Waals surface area contributed by atoms with Gasteiger partial charge in [0.25, 0.3) is 11.5 Å². The number of para-hydroxylation sites is 2. The molecular formula is C17H20N4O3. The van der Waals surface area contributed by atoms with E-state index < -0.39 is 0 Å². The van der Waals surface area contributed by atoms with Crippen LogP contribution in [0.3, 0.4) is 0 Å². The van der Waals surface area contributed by atoms with Gasteiger partial charge < -0.3 is 19.5 Å². The van der Waals surface area contributed by atoms with Crippen molar-refractivity contribution < 1.29 is 9.53 Å². The summed E-state index contributed by atoms with van der Waals surface area (Å²) in [7, 11) is 1.65. The number of nitrogens with one attached hydrogen (secondary N) is 1. The van der Waals surface area contributed by atoms with Crippen molar-refractivity contribution in [2.75, 3.05) is 38.2 Å². The average molecular weight is 328 g/mol. The normalized spacial score (nSPS) is 14.6. The molecule has 1 aromatic carbocycles. The zero-order valence-electron chi connectivity index (χ0n) is 13.8. The molecule has 7 heteroatoms. The summed E-state index contributed by atoms with van der Waals surface area (Å²) in [6, 6.07) is 7.82. The van der Waals surface area contributed by atoms with Crippen LogP contribution in [0, 0.1) is 6.92 Å². The minimum Gasteiger partial charge on any atom is -0.495 e. The van der Waals surface area contributed by atoms with E-state index >= 15 is 0 Å². The van der Waals surface area contributed by atoms with Crippen molar-refractivity contribution in [3.05, 3.63) is 52.2 Å². The first kappa shape index (κ1) is 16.0. The number of anilines is 1. The van der Waals surface area contributed by atoms with Gasteiger partial charge in [0.1, 0.15) is 17.1 Å². The van der Waals surface area contributed by atoms with Crippen LogP contribution in [0.2, 0.25) is 0 Å². The smallest absolute Gasteiger partial charge is 0.263 e. The molecule has 0 saturated carbocycles. The zero-order valence-corrected chi connectivity index (χ0v) is 13.8. The fourth-order valence-electron chi connectivity index (χ4n) is 2.85. The van der Waals surface area contributed by atoms with E-state index in [0.29, 0.717) is 32.0 Å². The highest BCUT2D eigenvalue weighted by Gasteiger charge is 2.25. The Bertz CT molecular complexity index is 794. The first-order chi connectivity index (χ1) is 11.6. The lowest BCUT2D eigenvalue weighted by molar-refractivity contribution is 0.0744. The van der Waals surface area contributed by atoms with Crippen LogP contribution in [0.4, 0.5) is 5.69 Å². The van der Waals surface area contributed by atoms with E-state index in [1.165, 1.54) is 6.20 Å². The lowest BCUT2D eigenvalue weighted by Gasteiger charge is -2.36. The molecule has 2 aromatic rings. The summed E-state index contributed by atoms with van der Waals surface area (Å²) in [5.74, 6) is 1.04. The molecule has 2 heterocycles. The fourth-order valence-corrected chi connectivity index (χ4v) is 2.85. The van der Waals surface area contributed by atoms with E-state index in [2.05, 4.69) is 14.9 Å². The van der Waals surface area contributed by atoms with Gasteiger partial charge in [-0.15, -0.1) is 0 Å². The van der Waals surface area contributed by atoms with Crippen LogP contribution >= 0.6 is 0 Å². The van der Waals surface area contributed by atoms with Gasteiger partial charge in [-0.2, -0.15) is 0 Å². The third-order valence-corrected chi connectivity index (χ3v) is 4.15. The highest BCUT2D eigenvalue weighted by atomic mass is 16.5. The number of hydrogen-bond acceptors (Lipinski definition) is 5. The Labute approximate surface area is 139 Å². The molecule has 126 valence electrons. The van der Waals surface area contributed by atoms with Gasteiger partial charge in [0.15, 0.2) is 0 Å². The van der Waals surface area contributed by atoms with Crippen LogP contribution < -0.4 is 15.2 Å². The fraction of sp³-hybridized carbons (Fsp3) is 0.353. The van der Waals surface area contributed by atoms with Crippen molar-refractivity contribution in [3.63, 3.8) is 0 Å². The van der Waals surface area contributed by atoms with E-state index in [4.69, 9.17) is 4.74 Å². The van der Waals surface area contributed by atoms with Crippen molar-refractivity contribution >= 4 is 11.6 Å². The molecule has 1 N–H and O–H groups in total. The van der Waals surface area contributed by atoms with Gasteiger partial charge in [-0.1, -0.05) is 12.1 Å². The predicted molar refractivity (Wildman–Crippen MR) is 90.7 cm³/mol. The van der Waals surface area contributed by atoms with Gasteiger partial charge in [-0.25, -0.2) is 4.98 Å². The Hall–Kier alpha value is -2.83. The lowest BCUT2D eigenvalue weighted by atomic mass is 10.2. The number of ether oxygens (including phenoxy) is 1. The summed E-state index contributed by atoms with van der Waals surface area (Å²) in [6.07, 6.45) is 1.35. The monoisotopic (exact) mass is 328 g/mol. The second kappa shape index (κ2) is 6.74. The molecule has 0 atom stereocenters. The number of carbonyl (C=O) groups is 1. The first-order valence-corrected chi connectivity index (χ1v) is 7.83. The number of aryl methyl sites for hydroxylation is 1. The molecule has 3 rings (SSSR count). The number of carbonyl (C=O) groups excluding carboxylic acids is 1. The van der Waals surface area contributed by atoms with Crippen molar-refractivity contribution in [2.45, 2.75) is 6.92 Å². The number of rotatable bonds is 3. The summed E-state index contributed by atoms with van der Waals surface area (Å²) in [5.41, 5.74) is 0.716. The predicted octanol–water partition coefficient (Wildman–Crippen LogP) is 1.05. The van der Waals surface area contributed by atoms with Crippen LogP contribution in [0.1, 0.15) is 16.2 Å². The maximum Gasteiger partial charge on any atom is 0.263 e. The van der Waals surface area contributed by atoms with Gasteiger partial charge in [0, 0.05) is 32.4 Å². The minimum atomic E-state index is -0.389. The van der Waals surface area contributed by atoms with Crippen molar-refractivity contribution in [1.29, 1.82) is 0 Å². The molecule has 0 radical (unpaired) electrons. The summed E-state index contributed by atoms with van der Waals surface area (Å²) in [5, 5.41) is 0. The van der Waals surface area contributed by atoms with E-state index in [1.54, 1.807) is 18.9 Å². The molecule has 1 saturated heterocycles. The Balaban J connectivity index is 1.71. The van der Waals surface area contributed by atoms with E-state index in [-0.39, 0.29) is 17.0 Å². The molecule has 0 aliphatic carbocycles. The number of methoxy groups -OCH3 is 1. The van der Waals surface area contributed by atoms with Gasteiger partial charge >= 0.3 is 0 Å². The lowest BCUT2D eigenvalue weighted by Crippen LogP contribution is -2.49. The molecule has 1 aliphatic rings. The number of hydrogen-bond donors (Lipinski definition) is 1. The Morgan fingerprint density at radius 3 is 2.58 bits per heavy atom. The molecule has 1 amide bonds. The molecular weight excluding hydrogens is 308 g/mol. The van der Waals surface area contributed by atoms with Gasteiger partial charge in [0.2, 0.25) is 0 Å². The van der Waals surface area contributed by atoms with Crippen LogP contribution in [0.15, 0.2) is 35.3 Å². The highest BCUT2D eigenvalue weighted by molar-refractivity contribution is 5.93. The second-order valence-electron chi connectivity index (χ2n) is 5.66. The highest BCUT2D eigenvalue weighted by Crippen LogP contribution is 2.28. The van der Waals surface area contributed by atoms with Gasteiger partial charge in [0.05, 0.1) is 12.8 Å². The number of amides is 1. The largest absolute Gasteiger partial charge is 0.495 e. The van der Waals surface area contributed by atoms with Crippen LogP contribution in [0.5, 0.6) is 5.75 Å². The maximum atomic E-state index is 12.5. The molecule has 1 fully saturated rings. The topological polar surface area (TPSA) is 78.5 Å². The van der Waals surface area contributed by atoms with E-state index in [0.717, 1.165) is 11.4 Å². The van der Waals surface area contributed by atoms with Crippen molar-refractivity contribution in [2.24, 2.45) is 0 Å². The molecule has 0 unspecified atom stereocenters. The molecule has 7 nitrogen and oxygen atoms in total. The number of aromatic nitrogens is 2. The molecule has 1 aromatic heterocycles. The third-order valence-electron chi connectivity index (χ3n) is 4.15.